The molecule has 7 atom stereocenters. The van der Waals surface area contributed by atoms with Crippen molar-refractivity contribution in [3.8, 4) is 0 Å². The van der Waals surface area contributed by atoms with E-state index in [4.69, 9.17) is 4.84 Å². The minimum Gasteiger partial charge on any atom is -0.393 e. The van der Waals surface area contributed by atoms with Crippen molar-refractivity contribution in [1.82, 2.24) is 10.6 Å². The van der Waals surface area contributed by atoms with Crippen LogP contribution in [0.2, 0.25) is 0 Å². The molecule has 0 aromatic heterocycles. The number of hydrogen-bond donors (Lipinski definition) is 3. The lowest BCUT2D eigenvalue weighted by atomic mass is 9.47. The molecule has 3 N–H and O–H groups in total. The van der Waals surface area contributed by atoms with Crippen LogP contribution >= 0.6 is 0 Å². The van der Waals surface area contributed by atoms with Gasteiger partial charge in [-0.2, -0.15) is 0 Å². The molecular weight excluding hydrogens is 430 g/mol. The second-order valence-electron chi connectivity index (χ2n) is 11.9. The zero-order valence-electron chi connectivity index (χ0n) is 20.8. The first-order chi connectivity index (χ1) is 16.3. The molecule has 3 saturated carbocycles. The molecule has 4 fully saturated rings. The van der Waals surface area contributed by atoms with Gasteiger partial charge in [0.05, 0.1) is 11.8 Å². The Labute approximate surface area is 203 Å². The summed E-state index contributed by atoms with van der Waals surface area (Å²) in [6.45, 7) is 5.29. The molecule has 1 aliphatic heterocycles. The molecule has 0 aromatic carbocycles. The molecule has 4 aliphatic carbocycles. The van der Waals surface area contributed by atoms with Crippen LogP contribution < -0.4 is 10.6 Å². The predicted octanol–water partition coefficient (Wildman–Crippen LogP) is 3.47. The minimum absolute atomic E-state index is 0.112. The average molecular weight is 472 g/mol. The highest BCUT2D eigenvalue weighted by molar-refractivity contribution is 5.96. The molecule has 7 nitrogen and oxygen atoms in total. The molecule has 7 heteroatoms. The Balaban J connectivity index is 1.19. The molecule has 0 bridgehead atoms. The lowest BCUT2D eigenvalue weighted by Crippen LogP contribution is -2.51. The summed E-state index contributed by atoms with van der Waals surface area (Å²) in [6.07, 6.45) is 13.4. The van der Waals surface area contributed by atoms with Crippen LogP contribution in [0.5, 0.6) is 0 Å². The fourth-order valence-corrected chi connectivity index (χ4v) is 8.10. The van der Waals surface area contributed by atoms with Crippen LogP contribution in [-0.4, -0.2) is 47.9 Å². The van der Waals surface area contributed by atoms with Gasteiger partial charge in [0.15, 0.2) is 6.61 Å². The largest absolute Gasteiger partial charge is 0.393 e. The van der Waals surface area contributed by atoms with E-state index in [9.17, 15) is 14.7 Å². The van der Waals surface area contributed by atoms with E-state index in [0.29, 0.717) is 24.8 Å². The van der Waals surface area contributed by atoms with Gasteiger partial charge in [0, 0.05) is 6.54 Å². The van der Waals surface area contributed by atoms with Crippen molar-refractivity contribution in [3.05, 3.63) is 11.6 Å². The number of hydrogen-bond acceptors (Lipinski definition) is 5. The van der Waals surface area contributed by atoms with Gasteiger partial charge >= 0.3 is 0 Å². The van der Waals surface area contributed by atoms with Gasteiger partial charge in [-0.25, -0.2) is 0 Å². The maximum atomic E-state index is 12.3. The molecule has 1 heterocycles. The zero-order valence-corrected chi connectivity index (χ0v) is 20.8. The summed E-state index contributed by atoms with van der Waals surface area (Å²) < 4.78 is 0. The Morgan fingerprint density at radius 1 is 1.15 bits per heavy atom. The van der Waals surface area contributed by atoms with Gasteiger partial charge in [-0.05, 0) is 105 Å². The Morgan fingerprint density at radius 3 is 2.85 bits per heavy atom. The Hall–Kier alpha value is -1.89. The fourth-order valence-electron chi connectivity index (χ4n) is 8.10. The number of carbonyl (C=O) groups is 2. The third-order valence-corrected chi connectivity index (χ3v) is 10.2. The van der Waals surface area contributed by atoms with Crippen molar-refractivity contribution >= 4 is 17.5 Å². The molecule has 34 heavy (non-hydrogen) atoms. The van der Waals surface area contributed by atoms with Gasteiger partial charge < -0.3 is 20.6 Å². The minimum atomic E-state index is -0.475. The second-order valence-corrected chi connectivity index (χ2v) is 11.9. The van der Waals surface area contributed by atoms with Crippen LogP contribution in [0, 0.1) is 28.6 Å². The zero-order chi connectivity index (χ0) is 23.9. The van der Waals surface area contributed by atoms with E-state index in [1.54, 1.807) is 0 Å². The first kappa shape index (κ1) is 23.8. The van der Waals surface area contributed by atoms with Crippen molar-refractivity contribution in [3.63, 3.8) is 0 Å². The molecule has 5 aliphatic rings. The number of oxime groups is 1. The van der Waals surface area contributed by atoms with E-state index in [-0.39, 0.29) is 35.4 Å². The van der Waals surface area contributed by atoms with E-state index < -0.39 is 6.04 Å². The number of nitrogens with one attached hydrogen (secondary N) is 2. The second kappa shape index (κ2) is 9.29. The van der Waals surface area contributed by atoms with Crippen molar-refractivity contribution in [2.75, 3.05) is 13.2 Å². The number of carbonyl (C=O) groups excluding carboxylic acids is 2. The lowest BCUT2D eigenvalue weighted by Gasteiger charge is -2.57. The third kappa shape index (κ3) is 4.18. The molecule has 7 unspecified atom stereocenters. The van der Waals surface area contributed by atoms with Gasteiger partial charge in [0.2, 0.25) is 5.91 Å². The third-order valence-electron chi connectivity index (χ3n) is 10.2. The van der Waals surface area contributed by atoms with Gasteiger partial charge in [-0.15, -0.1) is 0 Å². The van der Waals surface area contributed by atoms with Gasteiger partial charge in [-0.1, -0.05) is 24.6 Å². The van der Waals surface area contributed by atoms with E-state index in [2.05, 4.69) is 35.7 Å². The van der Waals surface area contributed by atoms with Crippen LogP contribution in [0.4, 0.5) is 0 Å². The van der Waals surface area contributed by atoms with Crippen molar-refractivity contribution in [1.29, 1.82) is 0 Å². The van der Waals surface area contributed by atoms with Gasteiger partial charge in [0.25, 0.3) is 5.91 Å². The standard InChI is InChI=1S/C27H41N3O4/c1-26-12-10-18(30-34-16-24(32)29-22-5-3-4-14-28-25(22)33)15-17(26)6-7-19-20-8-9-23(31)27(20,2)13-11-21(19)26/h15,19-23,31H,3-14,16H2,1-2H3,(H,28,33)(H,29,32). The van der Waals surface area contributed by atoms with Gasteiger partial charge in [0.1, 0.15) is 6.04 Å². The molecule has 2 amide bonds. The quantitative estimate of drug-likeness (QED) is 0.547. The fraction of sp³-hybridized carbons (Fsp3) is 0.815. The maximum Gasteiger partial charge on any atom is 0.261 e. The summed E-state index contributed by atoms with van der Waals surface area (Å²) in [6, 6.07) is -0.475. The molecule has 0 radical (unpaired) electrons. The highest BCUT2D eigenvalue weighted by Gasteiger charge is 2.58. The molecule has 0 aromatic rings. The number of fused-ring (bicyclic) bond motifs is 5. The highest BCUT2D eigenvalue weighted by Crippen LogP contribution is 2.65. The molecule has 1 saturated heterocycles. The van der Waals surface area contributed by atoms with E-state index >= 15 is 0 Å². The van der Waals surface area contributed by atoms with Crippen LogP contribution in [-0.2, 0) is 14.4 Å². The number of amides is 2. The normalized spacial score (nSPS) is 43.0. The summed E-state index contributed by atoms with van der Waals surface area (Å²) >= 11 is 0. The monoisotopic (exact) mass is 471 g/mol. The summed E-state index contributed by atoms with van der Waals surface area (Å²) in [7, 11) is 0. The molecule has 0 spiro atoms. The average Bonchev–Trinajstić information content (AvgIpc) is 2.97. The van der Waals surface area contributed by atoms with Crippen molar-refractivity contribution in [2.45, 2.75) is 96.6 Å². The Kier molecular flexibility index (Phi) is 6.51. The van der Waals surface area contributed by atoms with Gasteiger partial charge in [-0.3, -0.25) is 9.59 Å². The summed E-state index contributed by atoms with van der Waals surface area (Å²) in [5.41, 5.74) is 2.74. The first-order valence-corrected chi connectivity index (χ1v) is 13.5. The number of aliphatic hydroxyl groups excluding tert-OH is 1. The maximum absolute atomic E-state index is 12.3. The molecular formula is C27H41N3O4. The smallest absolute Gasteiger partial charge is 0.261 e. The van der Waals surface area contributed by atoms with E-state index in [1.807, 2.05) is 0 Å². The number of allylic oxidation sites excluding steroid dienone is 2. The van der Waals surface area contributed by atoms with Crippen molar-refractivity contribution in [2.24, 2.45) is 33.7 Å². The molecule has 5 rings (SSSR count). The highest BCUT2D eigenvalue weighted by atomic mass is 16.6. The molecule has 188 valence electrons. The van der Waals surface area contributed by atoms with Crippen LogP contribution in [0.1, 0.15) is 84.5 Å². The number of nitrogens with zero attached hydrogens (tertiary/aromatic N) is 1. The summed E-state index contributed by atoms with van der Waals surface area (Å²) in [5.74, 6) is 1.66. The first-order valence-electron chi connectivity index (χ1n) is 13.5. The number of rotatable bonds is 4. The van der Waals surface area contributed by atoms with Crippen LogP contribution in [0.15, 0.2) is 16.8 Å². The van der Waals surface area contributed by atoms with Crippen molar-refractivity contribution < 1.29 is 19.5 Å². The Morgan fingerprint density at radius 2 is 2.00 bits per heavy atom. The Bertz CT molecular complexity index is 885. The SMILES string of the molecule is CC12CCC(=NOCC(=O)NC3CCCCNC3=O)C=C1CCC1C2CCC2(C)C(O)CCC12. The van der Waals surface area contributed by atoms with Crippen LogP contribution in [0.3, 0.4) is 0 Å². The van der Waals surface area contributed by atoms with E-state index in [1.165, 1.54) is 24.8 Å². The summed E-state index contributed by atoms with van der Waals surface area (Å²) in [4.78, 5) is 29.7. The van der Waals surface area contributed by atoms with Crippen LogP contribution in [0.25, 0.3) is 0 Å². The van der Waals surface area contributed by atoms with E-state index in [0.717, 1.165) is 56.6 Å². The summed E-state index contributed by atoms with van der Waals surface area (Å²) in [5, 5.41) is 20.6. The topological polar surface area (TPSA) is 100 Å². The lowest BCUT2D eigenvalue weighted by molar-refractivity contribution is -0.131. The predicted molar refractivity (Wildman–Crippen MR) is 130 cm³/mol. The number of aliphatic hydroxyl groups is 1.